The van der Waals surface area contributed by atoms with E-state index >= 15 is 0 Å². The van der Waals surface area contributed by atoms with Gasteiger partial charge in [0.2, 0.25) is 17.7 Å². The summed E-state index contributed by atoms with van der Waals surface area (Å²) in [6.45, 7) is 1.63. The van der Waals surface area contributed by atoms with Gasteiger partial charge in [0.15, 0.2) is 11.5 Å². The van der Waals surface area contributed by atoms with Crippen LogP contribution in [0.5, 0.6) is 11.5 Å². The molecule has 3 atom stereocenters. The number of hydrogen-bond acceptors (Lipinski definition) is 10. The number of thiazole rings is 1. The number of benzene rings is 3. The van der Waals surface area contributed by atoms with Crippen LogP contribution in [0, 0.1) is 5.92 Å². The third-order valence-electron chi connectivity index (χ3n) is 7.88. The molecule has 3 amide bonds. The first kappa shape index (κ1) is 32.5. The van der Waals surface area contributed by atoms with Gasteiger partial charge in [0, 0.05) is 21.0 Å². The quantitative estimate of drug-likeness (QED) is 0.180. The number of thioether (sulfide) groups is 1. The minimum Gasteiger partial charge on any atom is -0.493 e. The van der Waals surface area contributed by atoms with Crippen LogP contribution < -0.4 is 24.6 Å². The molecule has 2 unspecified atom stereocenters. The van der Waals surface area contributed by atoms with Crippen LogP contribution in [0.15, 0.2) is 81.0 Å². The molecule has 0 spiro atoms. The number of hydrogen-bond donors (Lipinski definition) is 1. The van der Waals surface area contributed by atoms with Crippen molar-refractivity contribution in [2.45, 2.75) is 29.7 Å². The van der Waals surface area contributed by atoms with Crippen LogP contribution in [0.3, 0.4) is 0 Å². The van der Waals surface area contributed by atoms with E-state index in [1.807, 2.05) is 0 Å². The fourth-order valence-electron chi connectivity index (χ4n) is 5.75. The normalized spacial score (nSPS) is 18.4. The highest BCUT2D eigenvalue weighted by atomic mass is 79.9. The number of amides is 3. The molecule has 1 saturated heterocycles. The molecule has 3 aromatic carbocycles. The first-order valence-corrected chi connectivity index (χ1v) is 17.0. The largest absolute Gasteiger partial charge is 0.493 e. The number of ether oxygens (including phenoxy) is 3. The van der Waals surface area contributed by atoms with E-state index in [0.29, 0.717) is 43.9 Å². The molecule has 3 heterocycles. The average Bonchev–Trinajstić information content (AvgIpc) is 3.51. The summed E-state index contributed by atoms with van der Waals surface area (Å²) in [5.74, 6) is -2.31. The lowest BCUT2D eigenvalue weighted by Gasteiger charge is -2.31. The minimum absolute atomic E-state index is 0.242. The molecular formula is C33H28BrN3O8S2. The summed E-state index contributed by atoms with van der Waals surface area (Å²) >= 11 is 5.47. The van der Waals surface area contributed by atoms with Gasteiger partial charge in [-0.1, -0.05) is 45.1 Å². The fourth-order valence-corrected chi connectivity index (χ4v) is 8.79. The molecule has 1 N–H and O–H groups in total. The van der Waals surface area contributed by atoms with Gasteiger partial charge in [-0.3, -0.25) is 23.7 Å². The number of anilines is 2. The lowest BCUT2D eigenvalue weighted by Crippen LogP contribution is -2.33. The van der Waals surface area contributed by atoms with Gasteiger partial charge in [-0.25, -0.2) is 9.69 Å². The third-order valence-corrected chi connectivity index (χ3v) is 11.0. The predicted octanol–water partition coefficient (Wildman–Crippen LogP) is 5.30. The van der Waals surface area contributed by atoms with Crippen molar-refractivity contribution in [2.75, 3.05) is 31.0 Å². The SMILES string of the molecule is CCOC(=O)c1ccc(NC(=O)Cn2c3c(sc2=O)[C@@H](c2ccc(OC)c(OC)c2)C2C(=O)N(c4ccc(Br)cc4)C(=O)C2S3)cc1. The van der Waals surface area contributed by atoms with Crippen LogP contribution in [-0.2, 0) is 25.7 Å². The second-order valence-electron chi connectivity index (χ2n) is 10.6. The van der Waals surface area contributed by atoms with Crippen molar-refractivity contribution >= 4 is 74.1 Å². The molecule has 242 valence electrons. The first-order chi connectivity index (χ1) is 22.6. The van der Waals surface area contributed by atoms with E-state index in [2.05, 4.69) is 21.2 Å². The Morgan fingerprint density at radius 2 is 1.62 bits per heavy atom. The molecule has 1 fully saturated rings. The van der Waals surface area contributed by atoms with Crippen LogP contribution in [0.2, 0.25) is 0 Å². The van der Waals surface area contributed by atoms with E-state index in [0.717, 1.165) is 27.6 Å². The van der Waals surface area contributed by atoms with E-state index < -0.39 is 39.7 Å². The van der Waals surface area contributed by atoms with Crippen molar-refractivity contribution in [3.63, 3.8) is 0 Å². The fraction of sp³-hybridized carbons (Fsp3) is 0.242. The number of carbonyl (C=O) groups is 4. The Balaban J connectivity index is 1.37. The molecule has 0 saturated carbocycles. The van der Waals surface area contributed by atoms with Gasteiger partial charge in [0.1, 0.15) is 11.8 Å². The zero-order valence-corrected chi connectivity index (χ0v) is 28.6. The van der Waals surface area contributed by atoms with Crippen LogP contribution in [-0.4, -0.2) is 54.3 Å². The maximum atomic E-state index is 14.1. The Labute approximate surface area is 285 Å². The second kappa shape index (κ2) is 13.4. The number of aromatic nitrogens is 1. The summed E-state index contributed by atoms with van der Waals surface area (Å²) < 4.78 is 18.1. The van der Waals surface area contributed by atoms with Crippen molar-refractivity contribution in [1.82, 2.24) is 4.57 Å². The number of imide groups is 1. The number of nitrogens with zero attached hydrogens (tertiary/aromatic N) is 2. The van der Waals surface area contributed by atoms with Crippen molar-refractivity contribution in [3.05, 3.63) is 96.9 Å². The van der Waals surface area contributed by atoms with Gasteiger partial charge < -0.3 is 19.5 Å². The number of esters is 1. The van der Waals surface area contributed by atoms with Gasteiger partial charge in [-0.2, -0.15) is 0 Å². The second-order valence-corrected chi connectivity index (χ2v) is 13.7. The number of methoxy groups -OCH3 is 2. The molecule has 47 heavy (non-hydrogen) atoms. The number of fused-ring (bicyclic) bond motifs is 2. The molecule has 4 aromatic rings. The number of rotatable bonds is 9. The van der Waals surface area contributed by atoms with Crippen LogP contribution in [0.25, 0.3) is 0 Å². The van der Waals surface area contributed by atoms with Crippen molar-refractivity contribution in [3.8, 4) is 11.5 Å². The van der Waals surface area contributed by atoms with Crippen LogP contribution >= 0.6 is 39.0 Å². The van der Waals surface area contributed by atoms with E-state index in [9.17, 15) is 24.0 Å². The Morgan fingerprint density at radius 3 is 2.28 bits per heavy atom. The Hall–Kier alpha value is -4.40. The van der Waals surface area contributed by atoms with E-state index in [4.69, 9.17) is 14.2 Å². The number of halogens is 1. The monoisotopic (exact) mass is 737 g/mol. The molecule has 0 radical (unpaired) electrons. The van der Waals surface area contributed by atoms with Gasteiger partial charge >= 0.3 is 10.8 Å². The topological polar surface area (TPSA) is 133 Å². The van der Waals surface area contributed by atoms with Gasteiger partial charge in [-0.15, -0.1) is 0 Å². The van der Waals surface area contributed by atoms with Crippen LogP contribution in [0.1, 0.15) is 33.6 Å². The predicted molar refractivity (Wildman–Crippen MR) is 181 cm³/mol. The lowest BCUT2D eigenvalue weighted by molar-refractivity contribution is -0.122. The summed E-state index contributed by atoms with van der Waals surface area (Å²) in [7, 11) is 3.02. The highest BCUT2D eigenvalue weighted by Crippen LogP contribution is 2.54. The van der Waals surface area contributed by atoms with Crippen molar-refractivity contribution in [2.24, 2.45) is 5.92 Å². The number of nitrogens with one attached hydrogen (secondary N) is 1. The minimum atomic E-state index is -0.851. The molecule has 0 aliphatic carbocycles. The maximum absolute atomic E-state index is 14.1. The summed E-state index contributed by atoms with van der Waals surface area (Å²) in [4.78, 5) is 68.2. The van der Waals surface area contributed by atoms with Crippen molar-refractivity contribution < 1.29 is 33.4 Å². The molecule has 1 aromatic heterocycles. The van der Waals surface area contributed by atoms with E-state index in [-0.39, 0.29) is 19.1 Å². The molecular weight excluding hydrogens is 710 g/mol. The first-order valence-electron chi connectivity index (χ1n) is 14.5. The van der Waals surface area contributed by atoms with Crippen LogP contribution in [0.4, 0.5) is 11.4 Å². The van der Waals surface area contributed by atoms with E-state index in [1.165, 1.54) is 35.8 Å². The summed E-state index contributed by atoms with van der Waals surface area (Å²) in [6.07, 6.45) is 0. The average molecular weight is 739 g/mol. The van der Waals surface area contributed by atoms with Gasteiger partial charge in [0.05, 0.1) is 43.0 Å². The highest BCUT2D eigenvalue weighted by Gasteiger charge is 2.57. The molecule has 14 heteroatoms. The highest BCUT2D eigenvalue weighted by molar-refractivity contribution is 9.10. The lowest BCUT2D eigenvalue weighted by atomic mass is 9.83. The molecule has 2 aliphatic rings. The van der Waals surface area contributed by atoms with Gasteiger partial charge in [-0.05, 0) is 73.2 Å². The molecule has 6 rings (SSSR count). The summed E-state index contributed by atoms with van der Waals surface area (Å²) in [6, 6.07) is 18.4. The Morgan fingerprint density at radius 1 is 0.915 bits per heavy atom. The van der Waals surface area contributed by atoms with Gasteiger partial charge in [0.25, 0.3) is 0 Å². The Kier molecular flexibility index (Phi) is 9.26. The Bertz CT molecular complexity index is 1940. The maximum Gasteiger partial charge on any atom is 0.338 e. The molecule has 11 nitrogen and oxygen atoms in total. The van der Waals surface area contributed by atoms with E-state index in [1.54, 1.807) is 61.5 Å². The third kappa shape index (κ3) is 6.08. The zero-order valence-electron chi connectivity index (χ0n) is 25.4. The summed E-state index contributed by atoms with van der Waals surface area (Å²) in [5, 5.41) is 2.36. The molecule has 0 bridgehead atoms. The van der Waals surface area contributed by atoms with Crippen molar-refractivity contribution in [1.29, 1.82) is 0 Å². The standard InChI is InChI=1S/C33H28BrN3O8S2/c1-4-45-32(41)17-5-10-20(11-6-17)35-24(38)16-36-31-28(47-33(36)42)25(18-7-14-22(43-2)23(15-18)44-3)26-27(46-31)30(40)37(29(26)39)21-12-8-19(34)9-13-21/h5-15,25-27H,4,16H2,1-3H3,(H,35,38)/t25-,26?,27?/m0/s1. The molecule has 2 aliphatic heterocycles. The zero-order chi connectivity index (χ0) is 33.4. The smallest absolute Gasteiger partial charge is 0.338 e. The summed E-state index contributed by atoms with van der Waals surface area (Å²) in [5.41, 5.74) is 1.88. The number of carbonyl (C=O) groups excluding carboxylic acids is 4.